The van der Waals surface area contributed by atoms with Crippen molar-refractivity contribution in [1.29, 1.82) is 0 Å². The summed E-state index contributed by atoms with van der Waals surface area (Å²) < 4.78 is 0. The van der Waals surface area contributed by atoms with Crippen molar-refractivity contribution in [2.45, 2.75) is 33.6 Å². The predicted octanol–water partition coefficient (Wildman–Crippen LogP) is 3.84. The molecule has 1 N–H and O–H groups in total. The lowest BCUT2D eigenvalue weighted by Crippen LogP contribution is -2.11. The van der Waals surface area contributed by atoms with Crippen LogP contribution in [0.2, 0.25) is 0 Å². The lowest BCUT2D eigenvalue weighted by molar-refractivity contribution is 0.550. The van der Waals surface area contributed by atoms with Gasteiger partial charge in [0.2, 0.25) is 0 Å². The molecule has 0 aliphatic heterocycles. The third-order valence-electron chi connectivity index (χ3n) is 2.57. The smallest absolute Gasteiger partial charge is 0.0369 e. The molecule has 0 aliphatic rings. The van der Waals surface area contributed by atoms with Gasteiger partial charge in [-0.2, -0.15) is 0 Å². The molecule has 0 aromatic heterocycles. The van der Waals surface area contributed by atoms with Crippen LogP contribution in [0.25, 0.3) is 0 Å². The van der Waals surface area contributed by atoms with Crippen LogP contribution in [0.4, 0.5) is 5.69 Å². The average Bonchev–Trinajstić information content (AvgIpc) is 2.17. The molecule has 1 aromatic rings. The van der Waals surface area contributed by atoms with Crippen LogP contribution in [0.1, 0.15) is 32.3 Å². The summed E-state index contributed by atoms with van der Waals surface area (Å²) in [4.78, 5) is 0. The fourth-order valence-electron chi connectivity index (χ4n) is 1.65. The first-order valence-corrected chi connectivity index (χ1v) is 5.53. The zero-order valence-electron chi connectivity index (χ0n) is 9.51. The zero-order chi connectivity index (χ0) is 10.4. The monoisotopic (exact) mass is 191 g/mol. The van der Waals surface area contributed by atoms with E-state index in [1.807, 2.05) is 0 Å². The van der Waals surface area contributed by atoms with E-state index in [1.54, 1.807) is 0 Å². The van der Waals surface area contributed by atoms with Crippen LogP contribution >= 0.6 is 0 Å². The molecule has 0 spiro atoms. The fraction of sp³-hybridized carbons (Fsp3) is 0.538. The molecule has 0 amide bonds. The Morgan fingerprint density at radius 3 is 2.64 bits per heavy atom. The van der Waals surface area contributed by atoms with E-state index >= 15 is 0 Å². The van der Waals surface area contributed by atoms with Gasteiger partial charge in [0, 0.05) is 12.2 Å². The topological polar surface area (TPSA) is 12.0 Å². The zero-order valence-corrected chi connectivity index (χ0v) is 9.51. The van der Waals surface area contributed by atoms with Crippen molar-refractivity contribution in [1.82, 2.24) is 0 Å². The van der Waals surface area contributed by atoms with Gasteiger partial charge >= 0.3 is 0 Å². The van der Waals surface area contributed by atoms with Crippen LogP contribution in [-0.2, 0) is 0 Å². The molecule has 0 bridgehead atoms. The normalized spacial score (nSPS) is 12.5. The summed E-state index contributed by atoms with van der Waals surface area (Å²) in [7, 11) is 0. The van der Waals surface area contributed by atoms with Crippen LogP contribution < -0.4 is 5.32 Å². The van der Waals surface area contributed by atoms with Crippen molar-refractivity contribution in [3.63, 3.8) is 0 Å². The highest BCUT2D eigenvalue weighted by Gasteiger charge is 2.01. The lowest BCUT2D eigenvalue weighted by atomic mass is 10.1. The molecule has 1 aromatic carbocycles. The molecule has 0 saturated heterocycles. The highest BCUT2D eigenvalue weighted by Crippen LogP contribution is 2.14. The van der Waals surface area contributed by atoms with Gasteiger partial charge in [-0.25, -0.2) is 0 Å². The number of aryl methyl sites for hydroxylation is 1. The Kier molecular flexibility index (Phi) is 4.51. The average molecular weight is 191 g/mol. The molecule has 1 heteroatoms. The molecule has 1 unspecified atom stereocenters. The third-order valence-corrected chi connectivity index (χ3v) is 2.57. The first kappa shape index (κ1) is 11.1. The second kappa shape index (κ2) is 5.69. The van der Waals surface area contributed by atoms with Crippen LogP contribution in [-0.4, -0.2) is 6.54 Å². The van der Waals surface area contributed by atoms with Crippen molar-refractivity contribution >= 4 is 5.69 Å². The summed E-state index contributed by atoms with van der Waals surface area (Å²) in [5.74, 6) is 0.764. The van der Waals surface area contributed by atoms with Crippen molar-refractivity contribution in [2.24, 2.45) is 5.92 Å². The summed E-state index contributed by atoms with van der Waals surface area (Å²) in [6.45, 7) is 7.77. The minimum absolute atomic E-state index is 0.764. The van der Waals surface area contributed by atoms with E-state index in [0.717, 1.165) is 12.5 Å². The Bertz CT molecular complexity index is 268. The summed E-state index contributed by atoms with van der Waals surface area (Å²) in [6.07, 6.45) is 2.58. The maximum Gasteiger partial charge on any atom is 0.0369 e. The van der Waals surface area contributed by atoms with Gasteiger partial charge in [-0.05, 0) is 30.9 Å². The molecule has 78 valence electrons. The van der Waals surface area contributed by atoms with Gasteiger partial charge in [-0.15, -0.1) is 0 Å². The van der Waals surface area contributed by atoms with Crippen LogP contribution in [0.3, 0.4) is 0 Å². The molecule has 0 radical (unpaired) electrons. The molecule has 0 aliphatic carbocycles. The largest absolute Gasteiger partial charge is 0.385 e. The van der Waals surface area contributed by atoms with Crippen molar-refractivity contribution < 1.29 is 0 Å². The molecular formula is C13H21N. The van der Waals surface area contributed by atoms with Gasteiger partial charge in [0.1, 0.15) is 0 Å². The Morgan fingerprint density at radius 1 is 1.29 bits per heavy atom. The van der Waals surface area contributed by atoms with Gasteiger partial charge < -0.3 is 5.32 Å². The Balaban J connectivity index is 2.41. The third kappa shape index (κ3) is 3.41. The van der Waals surface area contributed by atoms with Gasteiger partial charge in [-0.3, -0.25) is 0 Å². The highest BCUT2D eigenvalue weighted by molar-refractivity contribution is 5.50. The fourth-order valence-corrected chi connectivity index (χ4v) is 1.65. The molecule has 14 heavy (non-hydrogen) atoms. The van der Waals surface area contributed by atoms with Crippen LogP contribution in [0.5, 0.6) is 0 Å². The Hall–Kier alpha value is -0.980. The number of rotatable bonds is 5. The summed E-state index contributed by atoms with van der Waals surface area (Å²) >= 11 is 0. The Labute approximate surface area is 87.5 Å². The molecule has 0 saturated carbocycles. The van der Waals surface area contributed by atoms with E-state index in [0.29, 0.717) is 0 Å². The van der Waals surface area contributed by atoms with E-state index in [2.05, 4.69) is 50.4 Å². The number of hydrogen-bond donors (Lipinski definition) is 1. The Morgan fingerprint density at radius 2 is 2.00 bits per heavy atom. The SMILES string of the molecule is CCCC(C)CNc1ccccc1C. The van der Waals surface area contributed by atoms with Gasteiger partial charge in [0.15, 0.2) is 0 Å². The number of benzene rings is 1. The lowest BCUT2D eigenvalue weighted by Gasteiger charge is -2.13. The first-order valence-electron chi connectivity index (χ1n) is 5.53. The van der Waals surface area contributed by atoms with Crippen LogP contribution in [0, 0.1) is 12.8 Å². The maximum absolute atomic E-state index is 3.50. The molecule has 1 rings (SSSR count). The van der Waals surface area contributed by atoms with Crippen molar-refractivity contribution in [2.75, 3.05) is 11.9 Å². The highest BCUT2D eigenvalue weighted by atomic mass is 14.9. The second-order valence-corrected chi connectivity index (χ2v) is 4.09. The standard InChI is InChI=1S/C13H21N/c1-4-7-11(2)10-14-13-9-6-5-8-12(13)3/h5-6,8-9,11,14H,4,7,10H2,1-3H3. The molecular weight excluding hydrogens is 170 g/mol. The molecule has 0 heterocycles. The summed E-state index contributed by atoms with van der Waals surface area (Å²) in [6, 6.07) is 8.45. The van der Waals surface area contributed by atoms with Crippen molar-refractivity contribution in [3.05, 3.63) is 29.8 Å². The second-order valence-electron chi connectivity index (χ2n) is 4.09. The van der Waals surface area contributed by atoms with E-state index in [9.17, 15) is 0 Å². The first-order chi connectivity index (χ1) is 6.74. The minimum Gasteiger partial charge on any atom is -0.385 e. The number of anilines is 1. The number of para-hydroxylation sites is 1. The molecule has 1 nitrogen and oxygen atoms in total. The van der Waals surface area contributed by atoms with Crippen molar-refractivity contribution in [3.8, 4) is 0 Å². The number of nitrogens with one attached hydrogen (secondary N) is 1. The maximum atomic E-state index is 3.50. The number of hydrogen-bond acceptors (Lipinski definition) is 1. The van der Waals surface area contributed by atoms with E-state index in [4.69, 9.17) is 0 Å². The predicted molar refractivity (Wildman–Crippen MR) is 63.7 cm³/mol. The van der Waals surface area contributed by atoms with E-state index < -0.39 is 0 Å². The summed E-state index contributed by atoms with van der Waals surface area (Å²) in [5.41, 5.74) is 2.60. The quantitative estimate of drug-likeness (QED) is 0.745. The summed E-state index contributed by atoms with van der Waals surface area (Å²) in [5, 5.41) is 3.50. The van der Waals surface area contributed by atoms with Gasteiger partial charge in [0.25, 0.3) is 0 Å². The minimum atomic E-state index is 0.764. The van der Waals surface area contributed by atoms with E-state index in [-0.39, 0.29) is 0 Å². The molecule has 1 atom stereocenters. The van der Waals surface area contributed by atoms with Gasteiger partial charge in [0.05, 0.1) is 0 Å². The van der Waals surface area contributed by atoms with Gasteiger partial charge in [-0.1, -0.05) is 38.5 Å². The van der Waals surface area contributed by atoms with E-state index in [1.165, 1.54) is 24.1 Å². The van der Waals surface area contributed by atoms with Crippen LogP contribution in [0.15, 0.2) is 24.3 Å². The molecule has 0 fully saturated rings.